The van der Waals surface area contributed by atoms with Gasteiger partial charge in [-0.25, -0.2) is 4.98 Å². The number of aryl methyl sites for hydroxylation is 1. The molecular weight excluding hydrogens is 1020 g/mol. The minimum absolute atomic E-state index is 0.488. The monoisotopic (exact) mass is 1080 g/mol. The van der Waals surface area contributed by atoms with Crippen molar-refractivity contribution in [3.63, 3.8) is 0 Å². The molecule has 0 radical (unpaired) electrons. The van der Waals surface area contributed by atoms with Gasteiger partial charge in [0.25, 0.3) is 0 Å². The molecule has 0 aliphatic carbocycles. The summed E-state index contributed by atoms with van der Waals surface area (Å²) in [5, 5.41) is 4.47. The fraction of sp³-hybridized carbons (Fsp3) is 0.0132. The first-order valence-electron chi connectivity index (χ1n) is 28.4. The lowest BCUT2D eigenvalue weighted by Crippen LogP contribution is -2.14. The number of aromatic nitrogens is 5. The highest BCUT2D eigenvalue weighted by atomic mass is 15.2. The van der Waals surface area contributed by atoms with E-state index in [2.05, 4.69) is 340 Å². The summed E-state index contributed by atoms with van der Waals surface area (Å²) in [6, 6.07) is 109. The highest BCUT2D eigenvalue weighted by molar-refractivity contribution is 6.23. The van der Waals surface area contributed by atoms with Crippen LogP contribution in [0.25, 0.3) is 78.0 Å². The molecule has 0 atom stereocenters. The van der Waals surface area contributed by atoms with Crippen molar-refractivity contribution in [2.75, 3.05) is 14.7 Å². The Morgan fingerprint density at radius 1 is 0.262 bits per heavy atom. The van der Waals surface area contributed by atoms with Crippen molar-refractivity contribution in [2.24, 2.45) is 0 Å². The predicted molar refractivity (Wildman–Crippen MR) is 348 cm³/mol. The van der Waals surface area contributed by atoms with Crippen LogP contribution in [0.2, 0.25) is 0 Å². The topological polar surface area (TPSA) is 58.3 Å². The summed E-state index contributed by atoms with van der Waals surface area (Å²) in [6.07, 6.45) is 0. The minimum Gasteiger partial charge on any atom is -0.310 e. The Kier molecular flexibility index (Phi) is 12.6. The van der Waals surface area contributed by atoms with Gasteiger partial charge in [0.05, 0.1) is 22.1 Å². The van der Waals surface area contributed by atoms with Crippen molar-refractivity contribution < 1.29 is 0 Å². The fourth-order valence-electron chi connectivity index (χ4n) is 12.1. The van der Waals surface area contributed by atoms with Gasteiger partial charge in [0.15, 0.2) is 11.6 Å². The smallest absolute Gasteiger partial charge is 0.238 e. The van der Waals surface area contributed by atoms with Gasteiger partial charge in [0.1, 0.15) is 0 Å². The molecule has 0 saturated carbocycles. The Hall–Kier alpha value is -11.4. The Labute approximate surface area is 487 Å². The van der Waals surface area contributed by atoms with E-state index in [4.69, 9.17) is 15.0 Å². The fourth-order valence-corrected chi connectivity index (χ4v) is 12.1. The first-order valence-corrected chi connectivity index (χ1v) is 28.4. The van der Waals surface area contributed by atoms with Crippen LogP contribution in [-0.4, -0.2) is 24.1 Å². The maximum absolute atomic E-state index is 5.79. The van der Waals surface area contributed by atoms with Gasteiger partial charge in [-0.05, 0) is 146 Å². The quantitative estimate of drug-likeness (QED) is 0.115. The van der Waals surface area contributed by atoms with Crippen molar-refractivity contribution in [1.29, 1.82) is 0 Å². The van der Waals surface area contributed by atoms with E-state index < -0.39 is 0 Å². The third-order valence-corrected chi connectivity index (χ3v) is 15.6. The summed E-state index contributed by atoms with van der Waals surface area (Å²) < 4.78 is 4.68. The number of benzene rings is 12. The lowest BCUT2D eigenvalue weighted by molar-refractivity contribution is 0.953. The summed E-state index contributed by atoms with van der Waals surface area (Å²) in [7, 11) is 0. The Bertz CT molecular complexity index is 4620. The molecule has 398 valence electrons. The highest BCUT2D eigenvalue weighted by Crippen LogP contribution is 2.46. The molecule has 0 spiro atoms. The number of nitrogens with zero attached hydrogens (tertiary/aromatic N) is 8. The van der Waals surface area contributed by atoms with Gasteiger partial charge in [-0.2, -0.15) is 9.97 Å². The van der Waals surface area contributed by atoms with E-state index in [9.17, 15) is 0 Å². The van der Waals surface area contributed by atoms with Crippen molar-refractivity contribution >= 4 is 94.8 Å². The third-order valence-electron chi connectivity index (χ3n) is 15.6. The Morgan fingerprint density at radius 2 is 0.583 bits per heavy atom. The zero-order valence-corrected chi connectivity index (χ0v) is 46.0. The van der Waals surface area contributed by atoms with Gasteiger partial charge in [-0.1, -0.05) is 176 Å². The van der Waals surface area contributed by atoms with E-state index in [-0.39, 0.29) is 0 Å². The standard InChI is InChI=1S/C76H54N8/c1-53-47-54(49-63(48-53)80(56-27-9-2-10-28-56)57-29-11-3-12-30-57)74-77-75(79-76(78-74)84-71-44-26-24-42-67(71)69-46-45-68-66-41-23-25-43-70(66)83(72(68)73(69)84)62-39-21-8-22-40-62)55-50-64(81(58-31-13-4-14-32-58)59-33-15-5-16-34-59)52-65(51-55)82(60-35-17-6-18-36-60)61-37-19-7-20-38-61/h2-52H,1H3. The maximum Gasteiger partial charge on any atom is 0.238 e. The molecular formula is C76H54N8. The molecule has 15 rings (SSSR count). The molecule has 8 nitrogen and oxygen atoms in total. The minimum atomic E-state index is 0.488. The molecule has 0 N–H and O–H groups in total. The van der Waals surface area contributed by atoms with Crippen molar-refractivity contribution in [2.45, 2.75) is 6.92 Å². The zero-order chi connectivity index (χ0) is 55.9. The summed E-state index contributed by atoms with van der Waals surface area (Å²) >= 11 is 0. The van der Waals surface area contributed by atoms with Crippen LogP contribution in [0.1, 0.15) is 5.56 Å². The second-order valence-electron chi connectivity index (χ2n) is 21.0. The number of para-hydroxylation sites is 9. The predicted octanol–water partition coefficient (Wildman–Crippen LogP) is 20.1. The lowest BCUT2D eigenvalue weighted by Gasteiger charge is -2.30. The van der Waals surface area contributed by atoms with E-state index in [1.165, 1.54) is 0 Å². The molecule has 0 bridgehead atoms. The number of hydrogen-bond acceptors (Lipinski definition) is 6. The van der Waals surface area contributed by atoms with Crippen molar-refractivity contribution in [1.82, 2.24) is 24.1 Å². The van der Waals surface area contributed by atoms with Crippen LogP contribution in [0, 0.1) is 6.92 Å². The van der Waals surface area contributed by atoms with Crippen molar-refractivity contribution in [3.8, 4) is 34.4 Å². The molecule has 3 aromatic heterocycles. The first-order chi connectivity index (χ1) is 41.6. The van der Waals surface area contributed by atoms with Crippen LogP contribution >= 0.6 is 0 Å². The molecule has 0 saturated heterocycles. The molecule has 3 heterocycles. The molecule has 0 amide bonds. The van der Waals surface area contributed by atoms with E-state index >= 15 is 0 Å². The number of fused-ring (bicyclic) bond motifs is 7. The van der Waals surface area contributed by atoms with Crippen molar-refractivity contribution in [3.05, 3.63) is 315 Å². The van der Waals surface area contributed by atoms with Crippen LogP contribution in [0.15, 0.2) is 309 Å². The van der Waals surface area contributed by atoms with Crippen LogP contribution in [-0.2, 0) is 0 Å². The van der Waals surface area contributed by atoms with Crippen LogP contribution in [0.4, 0.5) is 51.2 Å². The summed E-state index contributed by atoms with van der Waals surface area (Å²) in [6.45, 7) is 2.15. The molecule has 8 heteroatoms. The summed E-state index contributed by atoms with van der Waals surface area (Å²) in [5.41, 5.74) is 16.8. The van der Waals surface area contributed by atoms with Crippen LogP contribution < -0.4 is 14.7 Å². The number of anilines is 9. The zero-order valence-electron chi connectivity index (χ0n) is 46.0. The molecule has 84 heavy (non-hydrogen) atoms. The SMILES string of the molecule is Cc1cc(-c2nc(-c3cc(N(c4ccccc4)c4ccccc4)cc(N(c4ccccc4)c4ccccc4)c3)nc(-n3c4ccccc4c4ccc5c6ccccc6n(-c6ccccc6)c5c43)n2)cc(N(c2ccccc2)c2ccccc2)c1. The molecule has 15 aromatic rings. The number of hydrogen-bond donors (Lipinski definition) is 0. The van der Waals surface area contributed by atoms with E-state index in [0.717, 1.165) is 117 Å². The average Bonchev–Trinajstić information content (AvgIpc) is 1.78. The largest absolute Gasteiger partial charge is 0.310 e. The second-order valence-corrected chi connectivity index (χ2v) is 21.0. The van der Waals surface area contributed by atoms with E-state index in [1.807, 2.05) is 0 Å². The normalized spacial score (nSPS) is 11.4. The van der Waals surface area contributed by atoms with Crippen LogP contribution in [0.3, 0.4) is 0 Å². The molecule has 0 fully saturated rings. The molecule has 12 aromatic carbocycles. The van der Waals surface area contributed by atoms with Gasteiger partial charge in [-0.3, -0.25) is 4.57 Å². The van der Waals surface area contributed by atoms with Gasteiger partial charge >= 0.3 is 0 Å². The molecule has 0 aliphatic heterocycles. The Balaban J connectivity index is 1.06. The van der Waals surface area contributed by atoms with Gasteiger partial charge in [-0.15, -0.1) is 0 Å². The highest BCUT2D eigenvalue weighted by Gasteiger charge is 2.26. The summed E-state index contributed by atoms with van der Waals surface area (Å²) in [4.78, 5) is 24.1. The van der Waals surface area contributed by atoms with Gasteiger partial charge < -0.3 is 19.3 Å². The number of rotatable bonds is 13. The lowest BCUT2D eigenvalue weighted by atomic mass is 10.1. The van der Waals surface area contributed by atoms with Gasteiger partial charge in [0.2, 0.25) is 5.95 Å². The molecule has 0 aliphatic rings. The van der Waals surface area contributed by atoms with E-state index in [1.54, 1.807) is 0 Å². The molecule has 0 unspecified atom stereocenters. The van der Waals surface area contributed by atoms with Crippen LogP contribution in [0.5, 0.6) is 0 Å². The van der Waals surface area contributed by atoms with E-state index in [0.29, 0.717) is 17.6 Å². The maximum atomic E-state index is 5.79. The average molecular weight is 1080 g/mol. The second kappa shape index (κ2) is 21.3. The summed E-state index contributed by atoms with van der Waals surface area (Å²) in [5.74, 6) is 1.52. The Morgan fingerprint density at radius 3 is 0.988 bits per heavy atom. The third kappa shape index (κ3) is 8.95. The first kappa shape index (κ1) is 49.7. The van der Waals surface area contributed by atoms with Gasteiger partial charge in [0, 0.05) is 89.5 Å².